The molecule has 8 heteroatoms. The van der Waals surface area contributed by atoms with E-state index in [1.807, 2.05) is 0 Å². The van der Waals surface area contributed by atoms with E-state index in [1.165, 1.54) is 65.3 Å². The number of unbranched alkanes of at least 4 members (excludes halogenated alkanes) is 7. The van der Waals surface area contributed by atoms with Gasteiger partial charge in [-0.05, 0) is 20.0 Å². The summed E-state index contributed by atoms with van der Waals surface area (Å²) in [7, 11) is 1.31. The average Bonchev–Trinajstić information content (AvgIpc) is 2.80. The quantitative estimate of drug-likeness (QED) is 0.261. The first-order valence-corrected chi connectivity index (χ1v) is 11.2. The predicted molar refractivity (Wildman–Crippen MR) is 111 cm³/mol. The van der Waals surface area contributed by atoms with Crippen LogP contribution in [0.5, 0.6) is 0 Å². The van der Waals surface area contributed by atoms with Gasteiger partial charge in [0.25, 0.3) is 0 Å². The fourth-order valence-electron chi connectivity index (χ4n) is 4.03. The van der Waals surface area contributed by atoms with Crippen molar-refractivity contribution in [1.82, 2.24) is 5.32 Å². The number of alkyl halides is 7. The fourth-order valence-corrected chi connectivity index (χ4v) is 4.03. The standard InChI is InChI=1S/C13H14F7N.C10H22/c1-7(21-2)6-10(15)8-4-3-5-9(14)11(8,16)13(19,20)12(10,17)18;1-3-5-7-9-10-8-6-4-2/h3-5,7,9,21H,6H2,1-2H3;3-10H2,1-2H3. The molecule has 182 valence electrons. The van der Waals surface area contributed by atoms with E-state index in [0.717, 1.165) is 6.08 Å². The van der Waals surface area contributed by atoms with Crippen molar-refractivity contribution in [2.24, 2.45) is 0 Å². The van der Waals surface area contributed by atoms with E-state index >= 15 is 0 Å². The van der Waals surface area contributed by atoms with Crippen LogP contribution in [-0.2, 0) is 0 Å². The van der Waals surface area contributed by atoms with Crippen LogP contribution < -0.4 is 5.32 Å². The Hall–Kier alpha value is -1.05. The van der Waals surface area contributed by atoms with Crippen LogP contribution in [0.1, 0.15) is 78.6 Å². The van der Waals surface area contributed by atoms with Crippen LogP contribution in [0.3, 0.4) is 0 Å². The highest BCUT2D eigenvalue weighted by molar-refractivity contribution is 5.50. The van der Waals surface area contributed by atoms with Crippen LogP contribution in [0.15, 0.2) is 23.8 Å². The van der Waals surface area contributed by atoms with Crippen molar-refractivity contribution in [1.29, 1.82) is 0 Å². The van der Waals surface area contributed by atoms with E-state index in [1.54, 1.807) is 0 Å². The van der Waals surface area contributed by atoms with Crippen LogP contribution in [0, 0.1) is 0 Å². The first-order valence-electron chi connectivity index (χ1n) is 11.2. The molecule has 2 aliphatic carbocycles. The maximum Gasteiger partial charge on any atom is 0.354 e. The van der Waals surface area contributed by atoms with Gasteiger partial charge in [-0.15, -0.1) is 0 Å². The summed E-state index contributed by atoms with van der Waals surface area (Å²) >= 11 is 0. The molecule has 0 amide bonds. The lowest BCUT2D eigenvalue weighted by molar-refractivity contribution is -0.270. The normalized spacial score (nSPS) is 31.5. The van der Waals surface area contributed by atoms with Crippen LogP contribution in [-0.4, -0.2) is 42.4 Å². The molecule has 1 nitrogen and oxygen atoms in total. The van der Waals surface area contributed by atoms with Gasteiger partial charge < -0.3 is 5.32 Å². The largest absolute Gasteiger partial charge is 0.354 e. The molecule has 1 fully saturated rings. The zero-order chi connectivity index (χ0) is 23.9. The molecule has 0 aliphatic heterocycles. The van der Waals surface area contributed by atoms with Gasteiger partial charge in [-0.25, -0.2) is 13.2 Å². The third kappa shape index (κ3) is 5.14. The van der Waals surface area contributed by atoms with E-state index in [0.29, 0.717) is 12.2 Å². The number of allylic oxidation sites excluding steroid dienone is 4. The minimum Gasteiger partial charge on any atom is -0.317 e. The Morgan fingerprint density at radius 3 is 1.81 bits per heavy atom. The molecule has 2 aliphatic rings. The van der Waals surface area contributed by atoms with Gasteiger partial charge >= 0.3 is 11.8 Å². The molecule has 1 saturated carbocycles. The Morgan fingerprint density at radius 1 is 0.871 bits per heavy atom. The number of rotatable bonds is 10. The lowest BCUT2D eigenvalue weighted by atomic mass is 9.82. The SMILES string of the molecule is CCCCCCCCCC.CNC(C)CC1(F)C2=CC=CC(F)C2(F)C(F)(F)C1(F)F. The molecule has 0 aromatic carbocycles. The molecule has 0 radical (unpaired) electrons. The summed E-state index contributed by atoms with van der Waals surface area (Å²) in [6.07, 6.45) is 8.94. The monoisotopic (exact) mass is 459 g/mol. The predicted octanol–water partition coefficient (Wildman–Crippen LogP) is 7.67. The Bertz CT molecular complexity index is 611. The lowest BCUT2D eigenvalue weighted by Gasteiger charge is -2.31. The van der Waals surface area contributed by atoms with Crippen LogP contribution in [0.25, 0.3) is 0 Å². The van der Waals surface area contributed by atoms with Gasteiger partial charge in [-0.2, -0.15) is 17.6 Å². The Balaban J connectivity index is 0.000000407. The van der Waals surface area contributed by atoms with Gasteiger partial charge in [0.2, 0.25) is 11.3 Å². The number of hydrogen-bond acceptors (Lipinski definition) is 1. The second kappa shape index (κ2) is 11.2. The van der Waals surface area contributed by atoms with Crippen molar-refractivity contribution in [3.05, 3.63) is 23.8 Å². The summed E-state index contributed by atoms with van der Waals surface area (Å²) in [5, 5.41) is 2.42. The maximum absolute atomic E-state index is 14.8. The summed E-state index contributed by atoms with van der Waals surface area (Å²) < 4.78 is 98.5. The molecule has 0 aromatic heterocycles. The first-order chi connectivity index (χ1) is 14.4. The summed E-state index contributed by atoms with van der Waals surface area (Å²) in [4.78, 5) is 0. The number of hydrogen-bond donors (Lipinski definition) is 1. The molecule has 4 unspecified atom stereocenters. The second-order valence-electron chi connectivity index (χ2n) is 8.54. The highest BCUT2D eigenvalue weighted by atomic mass is 19.3. The van der Waals surface area contributed by atoms with Crippen molar-refractivity contribution >= 4 is 0 Å². The summed E-state index contributed by atoms with van der Waals surface area (Å²) in [6.45, 7) is 5.82. The molecule has 31 heavy (non-hydrogen) atoms. The van der Waals surface area contributed by atoms with Crippen LogP contribution >= 0.6 is 0 Å². The van der Waals surface area contributed by atoms with Crippen LogP contribution in [0.2, 0.25) is 0 Å². The lowest BCUT2D eigenvalue weighted by Crippen LogP contribution is -2.56. The fraction of sp³-hybridized carbons (Fsp3) is 0.826. The molecule has 0 aromatic rings. The third-order valence-electron chi connectivity index (χ3n) is 6.13. The third-order valence-corrected chi connectivity index (χ3v) is 6.13. The van der Waals surface area contributed by atoms with Crippen molar-refractivity contribution in [2.45, 2.75) is 114 Å². The molecule has 1 N–H and O–H groups in total. The van der Waals surface area contributed by atoms with Crippen molar-refractivity contribution in [3.8, 4) is 0 Å². The van der Waals surface area contributed by atoms with Crippen molar-refractivity contribution in [2.75, 3.05) is 7.05 Å². The van der Waals surface area contributed by atoms with E-state index in [-0.39, 0.29) is 0 Å². The Morgan fingerprint density at radius 2 is 1.35 bits per heavy atom. The van der Waals surface area contributed by atoms with Crippen molar-refractivity contribution in [3.63, 3.8) is 0 Å². The Labute approximate surface area is 181 Å². The molecule has 2 rings (SSSR count). The molecule has 0 saturated heterocycles. The first kappa shape index (κ1) is 28.0. The average molecular weight is 460 g/mol. The van der Waals surface area contributed by atoms with Gasteiger partial charge in [0.1, 0.15) is 0 Å². The number of fused-ring (bicyclic) bond motifs is 1. The maximum atomic E-state index is 14.8. The molecule has 0 bridgehead atoms. The van der Waals surface area contributed by atoms with Crippen LogP contribution in [0.4, 0.5) is 30.7 Å². The van der Waals surface area contributed by atoms with E-state index in [2.05, 4.69) is 19.2 Å². The minimum absolute atomic E-state index is 0.376. The van der Waals surface area contributed by atoms with Gasteiger partial charge in [-0.3, -0.25) is 0 Å². The topological polar surface area (TPSA) is 12.0 Å². The molecular weight excluding hydrogens is 423 g/mol. The van der Waals surface area contributed by atoms with Crippen molar-refractivity contribution < 1.29 is 30.7 Å². The minimum atomic E-state index is -5.49. The highest BCUT2D eigenvalue weighted by Crippen LogP contribution is 2.67. The number of halogens is 7. The van der Waals surface area contributed by atoms with Gasteiger partial charge in [0.05, 0.1) is 0 Å². The number of nitrogens with one attached hydrogen (secondary N) is 1. The molecular formula is C23H36F7N. The molecule has 4 atom stereocenters. The smallest absolute Gasteiger partial charge is 0.317 e. The zero-order valence-electron chi connectivity index (χ0n) is 18.9. The van der Waals surface area contributed by atoms with E-state index < -0.39 is 47.4 Å². The summed E-state index contributed by atoms with van der Waals surface area (Å²) in [5.41, 5.74) is -9.89. The summed E-state index contributed by atoms with van der Waals surface area (Å²) in [5.74, 6) is -10.8. The van der Waals surface area contributed by atoms with Gasteiger partial charge in [0.15, 0.2) is 6.17 Å². The molecule has 0 heterocycles. The summed E-state index contributed by atoms with van der Waals surface area (Å²) in [6, 6.07) is -0.941. The highest BCUT2D eigenvalue weighted by Gasteiger charge is 2.89. The van der Waals surface area contributed by atoms with E-state index in [4.69, 9.17) is 0 Å². The van der Waals surface area contributed by atoms with Gasteiger partial charge in [-0.1, -0.05) is 77.4 Å². The molecule has 0 spiro atoms. The Kier molecular flexibility index (Phi) is 10.1. The second-order valence-corrected chi connectivity index (χ2v) is 8.54. The zero-order valence-corrected chi connectivity index (χ0v) is 18.9. The van der Waals surface area contributed by atoms with Gasteiger partial charge in [0, 0.05) is 18.0 Å². The van der Waals surface area contributed by atoms with E-state index in [9.17, 15) is 30.7 Å².